The smallest absolute Gasteiger partial charge is 0.151 e. The fraction of sp³-hybridized carbons (Fsp3) is 1.00. The third kappa shape index (κ3) is 2.14. The molecule has 0 aromatic rings. The van der Waals surface area contributed by atoms with Crippen LogP contribution in [0.1, 0.15) is 0 Å². The Kier molecular flexibility index (Phi) is 3.02. The molecule has 0 aliphatic heterocycles. The predicted octanol–water partition coefficient (Wildman–Crippen LogP) is -3.17. The van der Waals surface area contributed by atoms with Gasteiger partial charge in [0.1, 0.15) is 13.1 Å². The Balaban J connectivity index is 2.75. The number of rotatable bonds is 2. The van der Waals surface area contributed by atoms with Crippen molar-refractivity contribution in [3.8, 4) is 0 Å². The molecule has 0 fully saturated rings. The maximum atomic E-state index is 8.54. The predicted molar refractivity (Wildman–Crippen MR) is 21.5 cm³/mol. The zero-order valence-corrected chi connectivity index (χ0v) is 3.85. The molecule has 0 rings (SSSR count). The van der Waals surface area contributed by atoms with Gasteiger partial charge in [0.2, 0.25) is 0 Å². The van der Waals surface area contributed by atoms with Crippen LogP contribution in [0.5, 0.6) is 0 Å². The van der Waals surface area contributed by atoms with Gasteiger partial charge in [-0.25, -0.2) is 0 Å². The number of hydrogen-bond donors (Lipinski definition) is 3. The van der Waals surface area contributed by atoms with Crippen LogP contribution in [0.15, 0.2) is 0 Å². The van der Waals surface area contributed by atoms with Gasteiger partial charge in [0.05, 0.1) is 0 Å². The van der Waals surface area contributed by atoms with E-state index in [2.05, 4.69) is 11.5 Å². The number of aliphatic hydroxyl groups is 1. The van der Waals surface area contributed by atoms with Crippen molar-refractivity contribution in [1.82, 2.24) is 0 Å². The Labute approximate surface area is 36.9 Å². The van der Waals surface area contributed by atoms with E-state index in [-0.39, 0.29) is 6.10 Å². The van der Waals surface area contributed by atoms with Crippen molar-refractivity contribution >= 4 is 0 Å². The van der Waals surface area contributed by atoms with Gasteiger partial charge < -0.3 is 16.6 Å². The maximum Gasteiger partial charge on any atom is 0.151 e. The first-order chi connectivity index (χ1) is 2.81. The van der Waals surface area contributed by atoms with E-state index < -0.39 is 0 Å². The van der Waals surface area contributed by atoms with E-state index in [1.807, 2.05) is 0 Å². The summed E-state index contributed by atoms with van der Waals surface area (Å²) < 4.78 is 0. The summed E-state index contributed by atoms with van der Waals surface area (Å²) in [5.74, 6) is 0. The van der Waals surface area contributed by atoms with Crippen molar-refractivity contribution in [2.24, 2.45) is 0 Å². The molecule has 7 N–H and O–H groups in total. The van der Waals surface area contributed by atoms with Crippen LogP contribution in [-0.2, 0) is 0 Å². The minimum atomic E-state index is -0.287. The highest BCUT2D eigenvalue weighted by Gasteiger charge is 1.97. The Bertz CT molecular complexity index is 28.0. The summed E-state index contributed by atoms with van der Waals surface area (Å²) in [6.45, 7) is 1.15. The molecule has 0 amide bonds. The Morgan fingerprint density at radius 1 is 1.33 bits per heavy atom. The average Bonchev–Trinajstić information content (AvgIpc) is 1.65. The van der Waals surface area contributed by atoms with Gasteiger partial charge in [-0.2, -0.15) is 0 Å². The summed E-state index contributed by atoms with van der Waals surface area (Å²) in [6, 6.07) is 0. The van der Waals surface area contributed by atoms with Crippen molar-refractivity contribution in [1.29, 1.82) is 0 Å². The quantitative estimate of drug-likeness (QED) is 0.330. The molecule has 0 bridgehead atoms. The first-order valence-corrected chi connectivity index (χ1v) is 2.07. The molecule has 0 aliphatic rings. The second kappa shape index (κ2) is 3.08. The molecule has 38 valence electrons. The van der Waals surface area contributed by atoms with E-state index in [9.17, 15) is 0 Å². The molecule has 0 saturated carbocycles. The summed E-state index contributed by atoms with van der Waals surface area (Å²) in [4.78, 5) is 0. The normalized spacial score (nSPS) is 10.0. The molecule has 3 heteroatoms. The largest absolute Gasteiger partial charge is 0.382 e. The lowest BCUT2D eigenvalue weighted by Crippen LogP contribution is -2.64. The lowest BCUT2D eigenvalue weighted by Gasteiger charge is -1.93. The number of quaternary nitrogens is 2. The summed E-state index contributed by atoms with van der Waals surface area (Å²) in [6.07, 6.45) is -0.287. The molecule has 0 aliphatic carbocycles. The van der Waals surface area contributed by atoms with Crippen molar-refractivity contribution in [3.63, 3.8) is 0 Å². The zero-order valence-electron chi connectivity index (χ0n) is 3.85. The van der Waals surface area contributed by atoms with Crippen LogP contribution < -0.4 is 11.5 Å². The molecule has 0 atom stereocenters. The third-order valence-corrected chi connectivity index (χ3v) is 0.666. The lowest BCUT2D eigenvalue weighted by atomic mass is 10.4. The summed E-state index contributed by atoms with van der Waals surface area (Å²) in [5.41, 5.74) is 6.93. The van der Waals surface area contributed by atoms with Crippen LogP contribution in [0.2, 0.25) is 0 Å². The van der Waals surface area contributed by atoms with Crippen molar-refractivity contribution in [2.75, 3.05) is 13.1 Å². The first-order valence-electron chi connectivity index (χ1n) is 2.07. The topological polar surface area (TPSA) is 75.5 Å². The van der Waals surface area contributed by atoms with Gasteiger partial charge in [0.15, 0.2) is 6.10 Å². The van der Waals surface area contributed by atoms with E-state index >= 15 is 0 Å². The minimum absolute atomic E-state index is 0.287. The summed E-state index contributed by atoms with van der Waals surface area (Å²) in [5, 5.41) is 8.54. The molecule has 3 nitrogen and oxygen atoms in total. The Morgan fingerprint density at radius 3 is 1.67 bits per heavy atom. The van der Waals surface area contributed by atoms with E-state index in [0.717, 1.165) is 0 Å². The van der Waals surface area contributed by atoms with E-state index in [1.165, 1.54) is 0 Å². The average molecular weight is 92.1 g/mol. The van der Waals surface area contributed by atoms with Gasteiger partial charge in [-0.05, 0) is 0 Å². The Hall–Kier alpha value is -0.120. The fourth-order valence-electron chi connectivity index (χ4n) is 0.144. The van der Waals surface area contributed by atoms with Gasteiger partial charge in [-0.3, -0.25) is 0 Å². The van der Waals surface area contributed by atoms with Crippen LogP contribution in [0, 0.1) is 0 Å². The van der Waals surface area contributed by atoms with Gasteiger partial charge in [0.25, 0.3) is 0 Å². The molecular formula is C3H12N2O+2. The van der Waals surface area contributed by atoms with E-state index in [4.69, 9.17) is 5.11 Å². The van der Waals surface area contributed by atoms with Crippen molar-refractivity contribution in [2.45, 2.75) is 6.10 Å². The molecule has 0 saturated heterocycles. The van der Waals surface area contributed by atoms with Crippen LogP contribution >= 0.6 is 0 Å². The third-order valence-electron chi connectivity index (χ3n) is 0.666. The highest BCUT2D eigenvalue weighted by molar-refractivity contribution is 4.41. The molecular weight excluding hydrogens is 80.0 g/mol. The number of aliphatic hydroxyl groups excluding tert-OH is 1. The second-order valence-electron chi connectivity index (χ2n) is 1.23. The van der Waals surface area contributed by atoms with Crippen molar-refractivity contribution < 1.29 is 16.6 Å². The highest BCUT2D eigenvalue weighted by atomic mass is 16.3. The molecule has 0 unspecified atom stereocenters. The molecule has 6 heavy (non-hydrogen) atoms. The van der Waals surface area contributed by atoms with E-state index in [0.29, 0.717) is 13.1 Å². The van der Waals surface area contributed by atoms with E-state index in [1.54, 1.807) is 0 Å². The van der Waals surface area contributed by atoms with Crippen LogP contribution in [0.4, 0.5) is 0 Å². The standard InChI is InChI=1S/C3H10N2O/c4-1-3(6)2-5/h3,6H,1-2,4-5H2/p+2. The van der Waals surface area contributed by atoms with Gasteiger partial charge >= 0.3 is 0 Å². The fourth-order valence-corrected chi connectivity index (χ4v) is 0.144. The van der Waals surface area contributed by atoms with Gasteiger partial charge in [0, 0.05) is 0 Å². The Morgan fingerprint density at radius 2 is 1.67 bits per heavy atom. The highest BCUT2D eigenvalue weighted by Crippen LogP contribution is 1.62. The summed E-state index contributed by atoms with van der Waals surface area (Å²) in [7, 11) is 0. The maximum absolute atomic E-state index is 8.54. The van der Waals surface area contributed by atoms with Crippen LogP contribution in [0.3, 0.4) is 0 Å². The van der Waals surface area contributed by atoms with Gasteiger partial charge in [-0.1, -0.05) is 0 Å². The summed E-state index contributed by atoms with van der Waals surface area (Å²) >= 11 is 0. The lowest BCUT2D eigenvalue weighted by molar-refractivity contribution is -0.428. The molecule has 0 aromatic carbocycles. The number of hydrogen-bond acceptors (Lipinski definition) is 1. The molecule has 0 heterocycles. The molecule has 0 spiro atoms. The van der Waals surface area contributed by atoms with Crippen molar-refractivity contribution in [3.05, 3.63) is 0 Å². The zero-order chi connectivity index (χ0) is 4.99. The monoisotopic (exact) mass is 92.1 g/mol. The minimum Gasteiger partial charge on any atom is -0.382 e. The first kappa shape index (κ1) is 5.88. The molecule has 0 radical (unpaired) electrons. The van der Waals surface area contributed by atoms with Crippen LogP contribution in [0.25, 0.3) is 0 Å². The SMILES string of the molecule is [NH3+]CC(O)C[NH3+]. The second-order valence-corrected chi connectivity index (χ2v) is 1.23. The van der Waals surface area contributed by atoms with Gasteiger partial charge in [-0.15, -0.1) is 0 Å². The van der Waals surface area contributed by atoms with Crippen LogP contribution in [-0.4, -0.2) is 24.3 Å². The molecule has 0 aromatic heterocycles.